The third-order valence-electron chi connectivity index (χ3n) is 8.79. The third-order valence-corrected chi connectivity index (χ3v) is 9.07. The average Bonchev–Trinajstić information content (AvgIpc) is 3.05. The van der Waals surface area contributed by atoms with Gasteiger partial charge in [0.2, 0.25) is 5.91 Å². The minimum Gasteiger partial charge on any atom is -0.496 e. The van der Waals surface area contributed by atoms with Gasteiger partial charge in [-0.3, -0.25) is 19.0 Å². The Labute approximate surface area is 276 Å². The highest BCUT2D eigenvalue weighted by Gasteiger charge is 2.44. The molecule has 0 spiro atoms. The fourth-order valence-corrected chi connectivity index (χ4v) is 6.79. The summed E-state index contributed by atoms with van der Waals surface area (Å²) in [5, 5.41) is 0.576. The number of hydrogen-bond donors (Lipinski definition) is 0. The maximum atomic E-state index is 15.5. The summed E-state index contributed by atoms with van der Waals surface area (Å²) < 4.78 is 22.4. The molecule has 1 atom stereocenters. The number of fused-ring (bicyclic) bond motifs is 5. The van der Waals surface area contributed by atoms with E-state index in [0.717, 1.165) is 0 Å². The molecule has 2 aliphatic rings. The number of carbonyl (C=O) groups is 2. The molecule has 0 saturated carbocycles. The van der Waals surface area contributed by atoms with E-state index in [9.17, 15) is 14.4 Å². The Bertz CT molecular complexity index is 2000. The predicted molar refractivity (Wildman–Crippen MR) is 179 cm³/mol. The molecule has 0 aliphatic carbocycles. The maximum absolute atomic E-state index is 15.5. The van der Waals surface area contributed by atoms with E-state index in [0.29, 0.717) is 34.7 Å². The summed E-state index contributed by atoms with van der Waals surface area (Å²) in [4.78, 5) is 60.3. The highest BCUT2D eigenvalue weighted by Crippen LogP contribution is 2.45. The summed E-state index contributed by atoms with van der Waals surface area (Å²) in [6.07, 6.45) is 2.70. The Kier molecular flexibility index (Phi) is 8.25. The lowest BCUT2D eigenvalue weighted by atomic mass is 9.99. The van der Waals surface area contributed by atoms with E-state index in [4.69, 9.17) is 21.3 Å². The van der Waals surface area contributed by atoms with Gasteiger partial charge in [0.25, 0.3) is 11.5 Å². The summed E-state index contributed by atoms with van der Waals surface area (Å²) in [7, 11) is 2.97. The van der Waals surface area contributed by atoms with E-state index in [2.05, 4.69) is 16.5 Å². The van der Waals surface area contributed by atoms with Crippen molar-refractivity contribution in [3.05, 3.63) is 75.8 Å². The Balaban J connectivity index is 1.78. The fraction of sp³-hybridized carbons (Fsp3) is 0.353. The molecule has 0 bridgehead atoms. The van der Waals surface area contributed by atoms with E-state index < -0.39 is 17.4 Å². The Hall–Kier alpha value is -4.84. The number of rotatable bonds is 6. The summed E-state index contributed by atoms with van der Waals surface area (Å²) >= 11 is 6.95. The standard InChI is InChI=1S/C34H35ClFN7O4/c1-8-24(44)41-12-13-42-22(15-41)33(45)40(6)31-29(42)19-14-20(35)28(25-21(36)10-9-11-23(25)47-7)39-32(19)43(34(31)46)30-26(17(2)3)37-16-38-27(30)18(4)5/h8-11,14,16-18,22H,1,12-13,15H2,2-7H3/t22-/m1/s1. The number of methoxy groups -OCH3 is 1. The van der Waals surface area contributed by atoms with Crippen LogP contribution in [0, 0.1) is 5.82 Å². The summed E-state index contributed by atoms with van der Waals surface area (Å²) in [5.74, 6) is -1.26. The smallest absolute Gasteiger partial charge is 0.283 e. The first-order valence-electron chi connectivity index (χ1n) is 15.3. The van der Waals surface area contributed by atoms with E-state index >= 15 is 4.39 Å². The molecule has 0 N–H and O–H groups in total. The first-order valence-corrected chi connectivity index (χ1v) is 15.7. The van der Waals surface area contributed by atoms with Gasteiger partial charge >= 0.3 is 0 Å². The molecule has 3 aromatic heterocycles. The minimum atomic E-state index is -0.772. The molecule has 0 unspecified atom stereocenters. The number of hydrogen-bond acceptors (Lipinski definition) is 8. The van der Waals surface area contributed by atoms with Gasteiger partial charge in [0.15, 0.2) is 5.65 Å². The molecular weight excluding hydrogens is 625 g/mol. The maximum Gasteiger partial charge on any atom is 0.283 e. The molecule has 4 aromatic rings. The van der Waals surface area contributed by atoms with Crippen molar-refractivity contribution in [2.75, 3.05) is 43.6 Å². The average molecular weight is 660 g/mol. The number of amides is 2. The molecule has 2 aliphatic heterocycles. The monoisotopic (exact) mass is 659 g/mol. The van der Waals surface area contributed by atoms with Crippen LogP contribution in [0.25, 0.3) is 28.0 Å². The van der Waals surface area contributed by atoms with E-state index in [-0.39, 0.29) is 70.1 Å². The number of benzene rings is 1. The van der Waals surface area contributed by atoms with Crippen molar-refractivity contribution in [2.45, 2.75) is 45.6 Å². The van der Waals surface area contributed by atoms with Crippen LogP contribution in [0.1, 0.15) is 50.9 Å². The normalized spacial score (nSPS) is 16.2. The van der Waals surface area contributed by atoms with Crippen molar-refractivity contribution >= 4 is 45.8 Å². The van der Waals surface area contributed by atoms with E-state index in [1.807, 2.05) is 32.6 Å². The lowest BCUT2D eigenvalue weighted by molar-refractivity contribution is -0.128. The van der Waals surface area contributed by atoms with Gasteiger partial charge in [-0.2, -0.15) is 0 Å². The molecule has 0 radical (unpaired) electrons. The van der Waals surface area contributed by atoms with Crippen LogP contribution in [0.15, 0.2) is 48.0 Å². The lowest BCUT2D eigenvalue weighted by Crippen LogP contribution is -2.63. The highest BCUT2D eigenvalue weighted by molar-refractivity contribution is 6.34. The number of ether oxygens (including phenoxy) is 1. The molecule has 47 heavy (non-hydrogen) atoms. The van der Waals surface area contributed by atoms with Crippen LogP contribution >= 0.6 is 11.6 Å². The minimum absolute atomic E-state index is 0.0396. The first-order chi connectivity index (χ1) is 22.4. The van der Waals surface area contributed by atoms with Crippen LogP contribution in [-0.2, 0) is 9.59 Å². The number of likely N-dealkylation sites (N-methyl/N-ethyl adjacent to an activating group) is 1. The number of pyridine rings is 2. The molecule has 6 rings (SSSR count). The van der Waals surface area contributed by atoms with Gasteiger partial charge in [0.1, 0.15) is 29.6 Å². The fourth-order valence-electron chi connectivity index (χ4n) is 6.54. The lowest BCUT2D eigenvalue weighted by Gasteiger charge is -2.47. The van der Waals surface area contributed by atoms with Crippen LogP contribution < -0.4 is 20.1 Å². The van der Waals surface area contributed by atoms with Crippen molar-refractivity contribution in [3.63, 3.8) is 0 Å². The second kappa shape index (κ2) is 12.1. The highest BCUT2D eigenvalue weighted by atomic mass is 35.5. The quantitative estimate of drug-likeness (QED) is 0.264. The number of anilines is 2. The molecule has 2 amide bonds. The van der Waals surface area contributed by atoms with Crippen molar-refractivity contribution < 1.29 is 18.7 Å². The van der Waals surface area contributed by atoms with Gasteiger partial charge in [-0.1, -0.05) is 51.9 Å². The van der Waals surface area contributed by atoms with Crippen LogP contribution in [0.3, 0.4) is 0 Å². The number of carbonyl (C=O) groups excluding carboxylic acids is 2. The first kappa shape index (κ1) is 32.1. The zero-order valence-corrected chi connectivity index (χ0v) is 27.8. The van der Waals surface area contributed by atoms with Crippen LogP contribution in [0.4, 0.5) is 15.8 Å². The molecule has 13 heteroatoms. The summed E-state index contributed by atoms with van der Waals surface area (Å²) in [6.45, 7) is 12.1. The van der Waals surface area contributed by atoms with E-state index in [1.54, 1.807) is 24.1 Å². The number of nitrogens with zero attached hydrogens (tertiary/aromatic N) is 7. The van der Waals surface area contributed by atoms with Gasteiger partial charge < -0.3 is 19.4 Å². The van der Waals surface area contributed by atoms with Crippen LogP contribution in [0.5, 0.6) is 5.75 Å². The molecule has 244 valence electrons. The van der Waals surface area contributed by atoms with Crippen LogP contribution in [0.2, 0.25) is 5.02 Å². The van der Waals surface area contributed by atoms with Crippen LogP contribution in [-0.4, -0.2) is 76.1 Å². The number of piperazine rings is 1. The summed E-state index contributed by atoms with van der Waals surface area (Å²) in [5.41, 5.74) is 2.02. The number of aromatic nitrogens is 4. The van der Waals surface area contributed by atoms with Crippen molar-refractivity contribution in [2.24, 2.45) is 0 Å². The Morgan fingerprint density at radius 2 is 1.77 bits per heavy atom. The van der Waals surface area contributed by atoms with Gasteiger partial charge in [-0.05, 0) is 36.1 Å². The zero-order valence-electron chi connectivity index (χ0n) is 27.0. The van der Waals surface area contributed by atoms with Gasteiger partial charge in [0.05, 0.1) is 52.7 Å². The Morgan fingerprint density at radius 1 is 1.09 bits per heavy atom. The van der Waals surface area contributed by atoms with Gasteiger partial charge in [0, 0.05) is 25.5 Å². The SMILES string of the molecule is C=CC(=O)N1CCN2c3c(c(=O)n(-c4c(C(C)C)ncnc4C(C)C)c4nc(-c5c(F)cccc5OC)c(Cl)cc34)N(C)C(=O)[C@H]2C1. The molecule has 5 heterocycles. The third kappa shape index (κ3) is 5.02. The summed E-state index contributed by atoms with van der Waals surface area (Å²) in [6, 6.07) is 5.29. The zero-order chi connectivity index (χ0) is 33.9. The van der Waals surface area contributed by atoms with Gasteiger partial charge in [-0.25, -0.2) is 19.3 Å². The Morgan fingerprint density at radius 3 is 2.38 bits per heavy atom. The largest absolute Gasteiger partial charge is 0.496 e. The molecule has 1 saturated heterocycles. The number of halogens is 2. The van der Waals surface area contributed by atoms with Crippen molar-refractivity contribution in [1.82, 2.24) is 24.4 Å². The van der Waals surface area contributed by atoms with E-state index in [1.165, 1.54) is 41.1 Å². The second-order valence-corrected chi connectivity index (χ2v) is 12.6. The predicted octanol–water partition coefficient (Wildman–Crippen LogP) is 5.07. The van der Waals surface area contributed by atoms with Gasteiger partial charge in [-0.15, -0.1) is 0 Å². The molecular formula is C34H35ClFN7O4. The van der Waals surface area contributed by atoms with Crippen molar-refractivity contribution in [3.8, 4) is 22.7 Å². The van der Waals surface area contributed by atoms with Crippen molar-refractivity contribution in [1.29, 1.82) is 0 Å². The molecule has 11 nitrogen and oxygen atoms in total. The molecule has 1 aromatic carbocycles. The molecule has 1 fully saturated rings. The second-order valence-electron chi connectivity index (χ2n) is 12.2. The topological polar surface area (TPSA) is 114 Å².